The molecule has 1 amide bonds. The number of anilines is 1. The van der Waals surface area contributed by atoms with E-state index in [9.17, 15) is 9.18 Å². The molecule has 4 nitrogen and oxygen atoms in total. The van der Waals surface area contributed by atoms with Gasteiger partial charge in [-0.25, -0.2) is 10.2 Å². The summed E-state index contributed by atoms with van der Waals surface area (Å²) in [6.07, 6.45) is 0.528. The van der Waals surface area contributed by atoms with Crippen LogP contribution in [-0.2, 0) is 10.5 Å². The van der Waals surface area contributed by atoms with Crippen LogP contribution in [0, 0.1) is 5.82 Å². The first-order valence-corrected chi connectivity index (χ1v) is 9.00. The molecule has 0 saturated carbocycles. The molecule has 0 saturated heterocycles. The summed E-state index contributed by atoms with van der Waals surface area (Å²) in [5, 5.41) is 4.63. The molecule has 2 rings (SSSR count). The number of hydrogen-bond acceptors (Lipinski definition) is 4. The Morgan fingerprint density at radius 2 is 2.08 bits per heavy atom. The first-order valence-electron chi connectivity index (χ1n) is 6.84. The summed E-state index contributed by atoms with van der Waals surface area (Å²) < 4.78 is 14.8. The second-order valence-corrected chi connectivity index (χ2v) is 6.96. The fraction of sp³-hybridized carbons (Fsp3) is 0.188. The number of halogens is 3. The zero-order valence-electron chi connectivity index (χ0n) is 13.2. The Morgan fingerprint density at radius 1 is 1.42 bits per heavy atom. The van der Waals surface area contributed by atoms with Crippen molar-refractivity contribution in [2.45, 2.75) is 10.6 Å². The van der Waals surface area contributed by atoms with E-state index in [2.05, 4.69) is 21.2 Å². The van der Waals surface area contributed by atoms with Gasteiger partial charge in [0, 0.05) is 45.5 Å². The summed E-state index contributed by atoms with van der Waals surface area (Å²) in [6, 6.07) is 10.6. The number of benzene rings is 2. The lowest BCUT2D eigenvalue weighted by Gasteiger charge is -2.10. The molecule has 0 spiro atoms. The highest BCUT2D eigenvalue weighted by atomic mass is 79.9. The first kappa shape index (κ1) is 20.8. The van der Waals surface area contributed by atoms with E-state index in [1.165, 1.54) is 13.1 Å². The Bertz CT molecular complexity index is 688. The Labute approximate surface area is 158 Å². The quantitative estimate of drug-likeness (QED) is 0.239. The maximum Gasteiger partial charge on any atom is 0.223 e. The third-order valence-electron chi connectivity index (χ3n) is 2.82. The zero-order valence-corrected chi connectivity index (χ0v) is 16.4. The molecule has 0 atom stereocenters. The van der Waals surface area contributed by atoms with E-state index in [0.29, 0.717) is 22.7 Å². The third kappa shape index (κ3) is 6.68. The Balaban J connectivity index is 0.000000505. The summed E-state index contributed by atoms with van der Waals surface area (Å²) in [5.41, 5.74) is 1.48. The van der Waals surface area contributed by atoms with Crippen LogP contribution in [0.5, 0.6) is 0 Å². The highest BCUT2D eigenvalue weighted by Crippen LogP contribution is 2.34. The molecule has 0 aliphatic heterocycles. The first-order chi connectivity index (χ1) is 11.4. The molecular formula is C16H18BrClFN3OS. The van der Waals surface area contributed by atoms with Gasteiger partial charge in [-0.15, -0.1) is 11.8 Å². The normalized spacial score (nSPS) is 9.75. The summed E-state index contributed by atoms with van der Waals surface area (Å²) in [5.74, 6) is 5.10. The van der Waals surface area contributed by atoms with Gasteiger partial charge in [0.2, 0.25) is 6.41 Å². The fourth-order valence-electron chi connectivity index (χ4n) is 1.68. The van der Waals surface area contributed by atoms with Crippen molar-refractivity contribution in [2.24, 2.45) is 5.84 Å². The predicted octanol–water partition coefficient (Wildman–Crippen LogP) is 4.52. The van der Waals surface area contributed by atoms with Gasteiger partial charge in [-0.2, -0.15) is 0 Å². The number of nitrogens with one attached hydrogen (secondary N) is 1. The van der Waals surface area contributed by atoms with Crippen molar-refractivity contribution in [1.82, 2.24) is 5.01 Å². The molecular weight excluding hydrogens is 417 g/mol. The van der Waals surface area contributed by atoms with Gasteiger partial charge in [0.15, 0.2) is 0 Å². The van der Waals surface area contributed by atoms with E-state index in [1.54, 1.807) is 24.9 Å². The van der Waals surface area contributed by atoms with Crippen LogP contribution in [0.4, 0.5) is 10.1 Å². The van der Waals surface area contributed by atoms with Gasteiger partial charge in [-0.1, -0.05) is 17.7 Å². The minimum Gasteiger partial charge on any atom is -0.388 e. The van der Waals surface area contributed by atoms with Crippen LogP contribution in [0.2, 0.25) is 5.02 Å². The molecule has 2 aromatic carbocycles. The Morgan fingerprint density at radius 3 is 2.67 bits per heavy atom. The molecule has 3 N–H and O–H groups in total. The molecule has 0 aromatic heterocycles. The molecule has 0 fully saturated rings. The maximum absolute atomic E-state index is 13.8. The minimum absolute atomic E-state index is 0.197. The highest BCUT2D eigenvalue weighted by Gasteiger charge is 2.09. The molecule has 24 heavy (non-hydrogen) atoms. The molecule has 0 radical (unpaired) electrons. The predicted molar refractivity (Wildman–Crippen MR) is 103 cm³/mol. The highest BCUT2D eigenvalue weighted by molar-refractivity contribution is 9.10. The number of carbonyl (C=O) groups excluding carboxylic acids is 1. The average molecular weight is 435 g/mol. The van der Waals surface area contributed by atoms with Crippen LogP contribution in [0.3, 0.4) is 0 Å². The van der Waals surface area contributed by atoms with Crippen molar-refractivity contribution in [2.75, 3.05) is 19.4 Å². The van der Waals surface area contributed by atoms with Gasteiger partial charge < -0.3 is 5.32 Å². The van der Waals surface area contributed by atoms with E-state index in [1.807, 2.05) is 24.3 Å². The number of carbonyl (C=O) groups is 1. The van der Waals surface area contributed by atoms with Gasteiger partial charge in [-0.3, -0.25) is 9.80 Å². The molecule has 0 aliphatic carbocycles. The largest absolute Gasteiger partial charge is 0.388 e. The standard InChI is InChI=1S/C14H12BrClFNS.C2H6N2O/c1-18-13-4-2-3-12(17)10(13)8-19-14-7-9(16)5-6-11(14)15;1-4(3)2-5/h2-7,18H,8H2,1H3;2H,3H2,1H3. The summed E-state index contributed by atoms with van der Waals surface area (Å²) in [4.78, 5) is 10.3. The third-order valence-corrected chi connectivity index (χ3v) is 5.09. The fourth-order valence-corrected chi connectivity index (χ4v) is 3.51. The van der Waals surface area contributed by atoms with Crippen molar-refractivity contribution in [3.8, 4) is 0 Å². The molecule has 0 bridgehead atoms. The van der Waals surface area contributed by atoms with Crippen molar-refractivity contribution < 1.29 is 9.18 Å². The number of rotatable bonds is 5. The van der Waals surface area contributed by atoms with E-state index in [4.69, 9.17) is 17.4 Å². The van der Waals surface area contributed by atoms with Gasteiger partial charge in [0.05, 0.1) is 0 Å². The topological polar surface area (TPSA) is 58.4 Å². The Kier molecular flexibility index (Phi) is 9.13. The van der Waals surface area contributed by atoms with Crippen LogP contribution < -0.4 is 11.2 Å². The van der Waals surface area contributed by atoms with Crippen LogP contribution in [0.1, 0.15) is 5.56 Å². The summed E-state index contributed by atoms with van der Waals surface area (Å²) in [6.45, 7) is 0. The van der Waals surface area contributed by atoms with Crippen molar-refractivity contribution in [1.29, 1.82) is 0 Å². The average Bonchev–Trinajstić information content (AvgIpc) is 2.56. The summed E-state index contributed by atoms with van der Waals surface area (Å²) in [7, 11) is 3.26. The number of hydrogen-bond donors (Lipinski definition) is 2. The van der Waals surface area contributed by atoms with Gasteiger partial charge in [0.25, 0.3) is 0 Å². The lowest BCUT2D eigenvalue weighted by atomic mass is 10.2. The molecule has 0 unspecified atom stereocenters. The minimum atomic E-state index is -0.197. The molecule has 2 aromatic rings. The van der Waals surface area contributed by atoms with Gasteiger partial charge in [0.1, 0.15) is 5.82 Å². The molecule has 0 aliphatic rings. The summed E-state index contributed by atoms with van der Waals surface area (Å²) >= 11 is 11.0. The van der Waals surface area contributed by atoms with Crippen LogP contribution in [0.15, 0.2) is 45.8 Å². The van der Waals surface area contributed by atoms with Gasteiger partial charge >= 0.3 is 0 Å². The molecule has 8 heteroatoms. The lowest BCUT2D eigenvalue weighted by Crippen LogP contribution is -2.23. The van der Waals surface area contributed by atoms with Crippen molar-refractivity contribution >= 4 is 51.4 Å². The van der Waals surface area contributed by atoms with Crippen molar-refractivity contribution in [3.63, 3.8) is 0 Å². The number of nitrogens with two attached hydrogens (primary N) is 1. The van der Waals surface area contributed by atoms with E-state index in [0.717, 1.165) is 20.1 Å². The SMILES string of the molecule is CN(N)C=O.CNc1cccc(F)c1CSc1cc(Cl)ccc1Br. The van der Waals surface area contributed by atoms with Crippen LogP contribution in [0.25, 0.3) is 0 Å². The van der Waals surface area contributed by atoms with Crippen LogP contribution in [-0.4, -0.2) is 25.5 Å². The molecule has 0 heterocycles. The van der Waals surface area contributed by atoms with Gasteiger partial charge in [-0.05, 0) is 46.3 Å². The number of amides is 1. The Hall–Kier alpha value is -1.28. The number of hydrazine groups is 1. The lowest BCUT2D eigenvalue weighted by molar-refractivity contribution is -0.117. The second kappa shape index (κ2) is 10.6. The van der Waals surface area contributed by atoms with E-state index >= 15 is 0 Å². The van der Waals surface area contributed by atoms with E-state index in [-0.39, 0.29) is 5.82 Å². The second-order valence-electron chi connectivity index (χ2n) is 4.65. The van der Waals surface area contributed by atoms with Crippen LogP contribution >= 0.6 is 39.3 Å². The smallest absolute Gasteiger partial charge is 0.223 e. The monoisotopic (exact) mass is 433 g/mol. The molecule has 130 valence electrons. The number of nitrogens with zero attached hydrogens (tertiary/aromatic N) is 1. The number of thioether (sulfide) groups is 1. The van der Waals surface area contributed by atoms with E-state index < -0.39 is 0 Å². The van der Waals surface area contributed by atoms with Crippen molar-refractivity contribution in [3.05, 3.63) is 57.3 Å². The zero-order chi connectivity index (χ0) is 18.1. The maximum atomic E-state index is 13.8.